The maximum absolute atomic E-state index is 13.1. The molecule has 7 heteroatoms. The molecule has 1 heterocycles. The van der Waals surface area contributed by atoms with Crippen LogP contribution in [0.4, 0.5) is 8.78 Å². The Kier molecular flexibility index (Phi) is 4.59. The maximum atomic E-state index is 13.1. The van der Waals surface area contributed by atoms with Gasteiger partial charge in [0.1, 0.15) is 17.3 Å². The lowest BCUT2D eigenvalue weighted by Crippen LogP contribution is -2.33. The molecule has 130 valence electrons. The highest BCUT2D eigenvalue weighted by atomic mass is 19.3. The Bertz CT molecular complexity index is 680. The summed E-state index contributed by atoms with van der Waals surface area (Å²) in [5.41, 5.74) is 0.0566. The third-order valence-corrected chi connectivity index (χ3v) is 4.00. The molecule has 0 atom stereocenters. The standard InChI is InChI=1S/C17H19F2N3O2.H2/c1-17(18,19)14-10-15(22-21-14)20-16(23)12-4-6-13(7-5-12)24-9-8-11-2-3-11;/h4-7,11H,2-3,8-10H2,1H3,(H,20,22,23);1H. The van der Waals surface area contributed by atoms with E-state index in [1.807, 2.05) is 0 Å². The second kappa shape index (κ2) is 6.67. The molecule has 1 aliphatic heterocycles. The number of nitrogens with zero attached hydrogens (tertiary/aromatic N) is 2. The van der Waals surface area contributed by atoms with Gasteiger partial charge < -0.3 is 10.1 Å². The first-order valence-electron chi connectivity index (χ1n) is 7.98. The van der Waals surface area contributed by atoms with Crippen LogP contribution in [-0.2, 0) is 0 Å². The van der Waals surface area contributed by atoms with Gasteiger partial charge in [0.2, 0.25) is 0 Å². The monoisotopic (exact) mass is 337 g/mol. The number of alkyl halides is 2. The summed E-state index contributed by atoms with van der Waals surface area (Å²) in [5.74, 6) is -1.79. The summed E-state index contributed by atoms with van der Waals surface area (Å²) >= 11 is 0. The molecule has 1 aromatic carbocycles. The van der Waals surface area contributed by atoms with Crippen molar-refractivity contribution in [3.8, 4) is 5.75 Å². The molecule has 0 bridgehead atoms. The largest absolute Gasteiger partial charge is 0.494 e. The summed E-state index contributed by atoms with van der Waals surface area (Å²) in [7, 11) is 0. The molecule has 0 unspecified atom stereocenters. The number of hydrogen-bond donors (Lipinski definition) is 1. The molecule has 1 amide bonds. The predicted octanol–water partition coefficient (Wildman–Crippen LogP) is 3.65. The Morgan fingerprint density at radius 2 is 2.04 bits per heavy atom. The van der Waals surface area contributed by atoms with E-state index in [0.29, 0.717) is 17.9 Å². The van der Waals surface area contributed by atoms with E-state index >= 15 is 0 Å². The van der Waals surface area contributed by atoms with E-state index in [1.165, 1.54) is 12.8 Å². The van der Waals surface area contributed by atoms with Crippen LogP contribution in [0.25, 0.3) is 0 Å². The van der Waals surface area contributed by atoms with Crippen molar-refractivity contribution in [3.05, 3.63) is 29.8 Å². The maximum Gasteiger partial charge on any atom is 0.285 e. The smallest absolute Gasteiger partial charge is 0.285 e. The van der Waals surface area contributed by atoms with E-state index in [4.69, 9.17) is 4.74 Å². The van der Waals surface area contributed by atoms with Gasteiger partial charge in [-0.2, -0.15) is 5.10 Å². The molecular formula is C17H21F2N3O2. The lowest BCUT2D eigenvalue weighted by atomic mass is 10.1. The molecule has 5 nitrogen and oxygen atoms in total. The number of amides is 1. The van der Waals surface area contributed by atoms with Crippen LogP contribution in [-0.4, -0.2) is 30.0 Å². The zero-order valence-corrected chi connectivity index (χ0v) is 13.4. The van der Waals surface area contributed by atoms with Crippen LogP contribution in [0.3, 0.4) is 0 Å². The fourth-order valence-electron chi connectivity index (χ4n) is 2.32. The fourth-order valence-corrected chi connectivity index (χ4v) is 2.32. The number of halogens is 2. The van der Waals surface area contributed by atoms with Gasteiger partial charge in [-0.3, -0.25) is 4.79 Å². The number of carbonyl (C=O) groups is 1. The number of hydrogen-bond acceptors (Lipinski definition) is 4. The number of rotatable bonds is 6. The van der Waals surface area contributed by atoms with Gasteiger partial charge in [-0.05, 0) is 36.6 Å². The fraction of sp³-hybridized carbons (Fsp3) is 0.471. The summed E-state index contributed by atoms with van der Waals surface area (Å²) in [5, 5.41) is 9.52. The minimum absolute atomic E-state index is 0. The summed E-state index contributed by atoms with van der Waals surface area (Å²) in [4.78, 5) is 12.1. The Morgan fingerprint density at radius 3 is 2.62 bits per heavy atom. The number of nitrogens with one attached hydrogen (secondary N) is 1. The van der Waals surface area contributed by atoms with Crippen molar-refractivity contribution < 1.29 is 19.7 Å². The normalized spacial score (nSPS) is 17.3. The molecule has 3 rings (SSSR count). The SMILES string of the molecule is CC(F)(F)C1=NN=C(NC(=O)c2ccc(OCCC3CC3)cc2)C1.[HH]. The molecule has 0 saturated heterocycles. The molecule has 1 N–H and O–H groups in total. The van der Waals surface area contributed by atoms with Gasteiger partial charge in [-0.15, -0.1) is 5.10 Å². The number of carbonyl (C=O) groups excluding carboxylic acids is 1. The molecule has 1 saturated carbocycles. The molecule has 1 fully saturated rings. The van der Waals surface area contributed by atoms with E-state index in [0.717, 1.165) is 19.3 Å². The molecular weight excluding hydrogens is 316 g/mol. The molecule has 0 aromatic heterocycles. The lowest BCUT2D eigenvalue weighted by molar-refractivity contribution is 0.0966. The Balaban J connectivity index is 0.00000225. The Morgan fingerprint density at radius 1 is 1.33 bits per heavy atom. The van der Waals surface area contributed by atoms with Crippen LogP contribution >= 0.6 is 0 Å². The van der Waals surface area contributed by atoms with E-state index in [-0.39, 0.29) is 19.4 Å². The number of benzene rings is 1. The Labute approximate surface area is 140 Å². The van der Waals surface area contributed by atoms with Crippen molar-refractivity contribution in [2.24, 2.45) is 16.1 Å². The third kappa shape index (κ3) is 4.37. The first-order chi connectivity index (χ1) is 11.4. The van der Waals surface area contributed by atoms with Gasteiger partial charge in [0.15, 0.2) is 0 Å². The summed E-state index contributed by atoms with van der Waals surface area (Å²) in [6.07, 6.45) is 3.49. The van der Waals surface area contributed by atoms with E-state index in [9.17, 15) is 13.6 Å². The quantitative estimate of drug-likeness (QED) is 0.861. The van der Waals surface area contributed by atoms with Crippen molar-refractivity contribution in [2.45, 2.75) is 38.5 Å². The van der Waals surface area contributed by atoms with Gasteiger partial charge in [0, 0.05) is 13.9 Å². The summed E-state index contributed by atoms with van der Waals surface area (Å²) < 4.78 is 31.9. The van der Waals surface area contributed by atoms with Crippen molar-refractivity contribution in [1.29, 1.82) is 0 Å². The summed E-state index contributed by atoms with van der Waals surface area (Å²) in [6.45, 7) is 1.44. The second-order valence-corrected chi connectivity index (χ2v) is 6.22. The van der Waals surface area contributed by atoms with Crippen molar-refractivity contribution in [1.82, 2.24) is 5.32 Å². The topological polar surface area (TPSA) is 63.0 Å². The van der Waals surface area contributed by atoms with Crippen molar-refractivity contribution in [2.75, 3.05) is 6.61 Å². The highest BCUT2D eigenvalue weighted by Gasteiger charge is 2.33. The molecule has 1 aromatic rings. The van der Waals surface area contributed by atoms with E-state index in [1.54, 1.807) is 24.3 Å². The van der Waals surface area contributed by atoms with E-state index in [2.05, 4.69) is 15.5 Å². The van der Waals surface area contributed by atoms with Gasteiger partial charge >= 0.3 is 0 Å². The van der Waals surface area contributed by atoms with Gasteiger partial charge in [0.25, 0.3) is 11.8 Å². The molecule has 0 radical (unpaired) electrons. The first kappa shape index (κ1) is 16.5. The predicted molar refractivity (Wildman–Crippen MR) is 89.0 cm³/mol. The van der Waals surface area contributed by atoms with Crippen LogP contribution in [0.5, 0.6) is 5.75 Å². The number of ether oxygens (including phenoxy) is 1. The van der Waals surface area contributed by atoms with Gasteiger partial charge in [-0.1, -0.05) is 12.8 Å². The zero-order chi connectivity index (χ0) is 17.2. The molecule has 2 aliphatic rings. The summed E-state index contributed by atoms with van der Waals surface area (Å²) in [6, 6.07) is 6.71. The van der Waals surface area contributed by atoms with Crippen LogP contribution in [0, 0.1) is 5.92 Å². The highest BCUT2D eigenvalue weighted by Crippen LogP contribution is 2.32. The second-order valence-electron chi connectivity index (χ2n) is 6.22. The molecule has 0 spiro atoms. The first-order valence-corrected chi connectivity index (χ1v) is 7.98. The van der Waals surface area contributed by atoms with Crippen LogP contribution in [0.1, 0.15) is 44.4 Å². The van der Waals surface area contributed by atoms with Crippen LogP contribution in [0.15, 0.2) is 34.5 Å². The highest BCUT2D eigenvalue weighted by molar-refractivity contribution is 6.15. The minimum Gasteiger partial charge on any atom is -0.494 e. The minimum atomic E-state index is -3.03. The number of amidine groups is 1. The zero-order valence-electron chi connectivity index (χ0n) is 13.4. The van der Waals surface area contributed by atoms with Crippen molar-refractivity contribution >= 4 is 17.5 Å². The average Bonchev–Trinajstić information content (AvgIpc) is 3.23. The lowest BCUT2D eigenvalue weighted by Gasteiger charge is -2.10. The van der Waals surface area contributed by atoms with Crippen LogP contribution in [0.2, 0.25) is 0 Å². The van der Waals surface area contributed by atoms with Crippen molar-refractivity contribution in [3.63, 3.8) is 0 Å². The molecule has 1 aliphatic carbocycles. The van der Waals surface area contributed by atoms with Crippen LogP contribution < -0.4 is 10.1 Å². The Hall–Kier alpha value is -2.31. The molecule has 24 heavy (non-hydrogen) atoms. The third-order valence-electron chi connectivity index (χ3n) is 4.00. The van der Waals surface area contributed by atoms with E-state index < -0.39 is 11.8 Å². The van der Waals surface area contributed by atoms with Gasteiger partial charge in [-0.25, -0.2) is 8.78 Å². The van der Waals surface area contributed by atoms with Gasteiger partial charge in [0.05, 0.1) is 13.0 Å². The average molecular weight is 337 g/mol.